The number of aryl methyl sites for hydroxylation is 1. The van der Waals surface area contributed by atoms with Gasteiger partial charge in [0.05, 0.1) is 24.4 Å². The molecular weight excluding hydrogens is 264 g/mol. The molecule has 0 radical (unpaired) electrons. The number of hydrogen-bond donors (Lipinski definition) is 1. The highest BCUT2D eigenvalue weighted by atomic mass is 16.5. The predicted molar refractivity (Wildman–Crippen MR) is 85.5 cm³/mol. The Balaban J connectivity index is 2.46. The van der Waals surface area contributed by atoms with Gasteiger partial charge in [-0.1, -0.05) is 20.8 Å². The average Bonchev–Trinajstić information content (AvgIpc) is 2.53. The average molecular weight is 292 g/mol. The molecule has 1 aliphatic heterocycles. The van der Waals surface area contributed by atoms with Crippen LogP contribution in [0.3, 0.4) is 0 Å². The molecule has 1 aromatic heterocycles. The SMILES string of the molecule is CCc1nnc(N2CC(C)OCC2CC)c(CN)c1CC. The summed E-state index contributed by atoms with van der Waals surface area (Å²) in [5, 5.41) is 8.98. The number of hydrogen-bond acceptors (Lipinski definition) is 5. The summed E-state index contributed by atoms with van der Waals surface area (Å²) in [6.45, 7) is 10.7. The van der Waals surface area contributed by atoms with Crippen LogP contribution in [0.1, 0.15) is 50.9 Å². The highest BCUT2D eigenvalue weighted by molar-refractivity contribution is 5.52. The first-order valence-corrected chi connectivity index (χ1v) is 8.11. The molecule has 118 valence electrons. The largest absolute Gasteiger partial charge is 0.375 e. The number of nitrogens with two attached hydrogens (primary N) is 1. The Morgan fingerprint density at radius 3 is 2.52 bits per heavy atom. The molecule has 0 spiro atoms. The summed E-state index contributed by atoms with van der Waals surface area (Å²) in [7, 11) is 0. The van der Waals surface area contributed by atoms with Crippen LogP contribution in [0, 0.1) is 0 Å². The number of nitrogens with zero attached hydrogens (tertiary/aromatic N) is 3. The molecule has 2 heterocycles. The molecule has 0 amide bonds. The standard InChI is InChI=1S/C16H28N4O/c1-5-12-10-21-11(4)9-20(12)16-14(8-17)13(6-2)15(7-3)18-19-16/h11-12H,5-10,17H2,1-4H3. The summed E-state index contributed by atoms with van der Waals surface area (Å²) in [6.07, 6.45) is 3.11. The lowest BCUT2D eigenvalue weighted by Gasteiger charge is -2.40. The smallest absolute Gasteiger partial charge is 0.156 e. The van der Waals surface area contributed by atoms with Crippen LogP contribution in [0.5, 0.6) is 0 Å². The van der Waals surface area contributed by atoms with Crippen LogP contribution in [-0.4, -0.2) is 35.5 Å². The van der Waals surface area contributed by atoms with Gasteiger partial charge in [-0.15, -0.1) is 5.10 Å². The van der Waals surface area contributed by atoms with E-state index in [-0.39, 0.29) is 6.10 Å². The summed E-state index contributed by atoms with van der Waals surface area (Å²) in [5.74, 6) is 0.966. The first-order chi connectivity index (χ1) is 10.2. The van der Waals surface area contributed by atoms with Gasteiger partial charge in [0.1, 0.15) is 0 Å². The lowest BCUT2D eigenvalue weighted by molar-refractivity contribution is 0.0294. The normalized spacial score (nSPS) is 22.6. The fraction of sp³-hybridized carbons (Fsp3) is 0.750. The van der Waals surface area contributed by atoms with Crippen LogP contribution in [-0.2, 0) is 24.1 Å². The molecule has 1 fully saturated rings. The summed E-state index contributed by atoms with van der Waals surface area (Å²) in [5.41, 5.74) is 9.57. The maximum Gasteiger partial charge on any atom is 0.156 e. The highest BCUT2D eigenvalue weighted by Crippen LogP contribution is 2.28. The molecular formula is C16H28N4O. The zero-order chi connectivity index (χ0) is 15.4. The molecule has 21 heavy (non-hydrogen) atoms. The number of anilines is 1. The van der Waals surface area contributed by atoms with Crippen molar-refractivity contribution < 1.29 is 4.74 Å². The molecule has 5 heteroatoms. The van der Waals surface area contributed by atoms with Crippen molar-refractivity contribution in [2.24, 2.45) is 5.73 Å². The van der Waals surface area contributed by atoms with Crippen molar-refractivity contribution in [2.45, 2.75) is 65.6 Å². The van der Waals surface area contributed by atoms with Gasteiger partial charge in [-0.05, 0) is 31.7 Å². The third-order valence-corrected chi connectivity index (χ3v) is 4.35. The van der Waals surface area contributed by atoms with Crippen LogP contribution in [0.2, 0.25) is 0 Å². The fourth-order valence-corrected chi connectivity index (χ4v) is 3.13. The van der Waals surface area contributed by atoms with Crippen molar-refractivity contribution >= 4 is 5.82 Å². The Bertz CT molecular complexity index is 478. The summed E-state index contributed by atoms with van der Waals surface area (Å²) < 4.78 is 5.79. The lowest BCUT2D eigenvalue weighted by Crippen LogP contribution is -2.49. The first kappa shape index (κ1) is 16.2. The van der Waals surface area contributed by atoms with Crippen LogP contribution < -0.4 is 10.6 Å². The summed E-state index contributed by atoms with van der Waals surface area (Å²) in [4.78, 5) is 2.35. The van der Waals surface area contributed by atoms with Gasteiger partial charge in [-0.2, -0.15) is 5.10 Å². The Labute approximate surface area is 127 Å². The minimum Gasteiger partial charge on any atom is -0.375 e. The van der Waals surface area contributed by atoms with Gasteiger partial charge in [-0.25, -0.2) is 0 Å². The first-order valence-electron chi connectivity index (χ1n) is 8.11. The molecule has 2 atom stereocenters. The predicted octanol–water partition coefficient (Wildman–Crippen LogP) is 2.06. The van der Waals surface area contributed by atoms with Gasteiger partial charge in [0, 0.05) is 18.7 Å². The van der Waals surface area contributed by atoms with E-state index in [9.17, 15) is 0 Å². The zero-order valence-corrected chi connectivity index (χ0v) is 13.7. The van der Waals surface area contributed by atoms with Crippen molar-refractivity contribution in [3.05, 3.63) is 16.8 Å². The van der Waals surface area contributed by atoms with Crippen LogP contribution in [0.4, 0.5) is 5.82 Å². The molecule has 1 saturated heterocycles. The Kier molecular flexibility index (Phi) is 5.53. The monoisotopic (exact) mass is 292 g/mol. The van der Waals surface area contributed by atoms with E-state index in [4.69, 9.17) is 10.5 Å². The molecule has 0 aromatic carbocycles. The Morgan fingerprint density at radius 2 is 1.95 bits per heavy atom. The number of morpholine rings is 1. The maximum atomic E-state index is 6.05. The molecule has 1 aromatic rings. The molecule has 1 aliphatic rings. The fourth-order valence-electron chi connectivity index (χ4n) is 3.13. The van der Waals surface area contributed by atoms with E-state index in [1.54, 1.807) is 0 Å². The molecule has 0 aliphatic carbocycles. The van der Waals surface area contributed by atoms with E-state index in [2.05, 4.69) is 42.8 Å². The van der Waals surface area contributed by atoms with Crippen molar-refractivity contribution in [1.29, 1.82) is 0 Å². The summed E-state index contributed by atoms with van der Waals surface area (Å²) in [6, 6.07) is 0.359. The lowest BCUT2D eigenvalue weighted by atomic mass is 10.0. The van der Waals surface area contributed by atoms with Gasteiger partial charge in [-0.3, -0.25) is 0 Å². The van der Waals surface area contributed by atoms with Gasteiger partial charge < -0.3 is 15.4 Å². The van der Waals surface area contributed by atoms with E-state index in [0.29, 0.717) is 12.6 Å². The van der Waals surface area contributed by atoms with Crippen molar-refractivity contribution in [2.75, 3.05) is 18.1 Å². The van der Waals surface area contributed by atoms with E-state index in [1.807, 2.05) is 0 Å². The number of rotatable bonds is 5. The topological polar surface area (TPSA) is 64.3 Å². The van der Waals surface area contributed by atoms with Gasteiger partial charge in [0.25, 0.3) is 0 Å². The van der Waals surface area contributed by atoms with Gasteiger partial charge in [0.15, 0.2) is 5.82 Å². The zero-order valence-electron chi connectivity index (χ0n) is 13.7. The Hall–Kier alpha value is -1.20. The minimum atomic E-state index is 0.219. The van der Waals surface area contributed by atoms with E-state index in [0.717, 1.165) is 49.5 Å². The van der Waals surface area contributed by atoms with E-state index in [1.165, 1.54) is 5.56 Å². The quantitative estimate of drug-likeness (QED) is 0.900. The minimum absolute atomic E-state index is 0.219. The second kappa shape index (κ2) is 7.18. The van der Waals surface area contributed by atoms with E-state index >= 15 is 0 Å². The second-order valence-corrected chi connectivity index (χ2v) is 5.70. The molecule has 2 rings (SSSR count). The third kappa shape index (κ3) is 3.19. The number of ether oxygens (including phenoxy) is 1. The van der Waals surface area contributed by atoms with Crippen LogP contribution in [0.15, 0.2) is 0 Å². The van der Waals surface area contributed by atoms with Crippen molar-refractivity contribution in [3.8, 4) is 0 Å². The molecule has 2 N–H and O–H groups in total. The highest BCUT2D eigenvalue weighted by Gasteiger charge is 2.29. The molecule has 5 nitrogen and oxygen atoms in total. The van der Waals surface area contributed by atoms with Crippen molar-refractivity contribution in [3.63, 3.8) is 0 Å². The Morgan fingerprint density at radius 1 is 1.19 bits per heavy atom. The van der Waals surface area contributed by atoms with Crippen molar-refractivity contribution in [1.82, 2.24) is 10.2 Å². The summed E-state index contributed by atoms with van der Waals surface area (Å²) >= 11 is 0. The van der Waals surface area contributed by atoms with Gasteiger partial charge >= 0.3 is 0 Å². The second-order valence-electron chi connectivity index (χ2n) is 5.70. The van der Waals surface area contributed by atoms with E-state index < -0.39 is 0 Å². The molecule has 0 saturated carbocycles. The van der Waals surface area contributed by atoms with Gasteiger partial charge in [0.2, 0.25) is 0 Å². The molecule has 0 bridgehead atoms. The van der Waals surface area contributed by atoms with Crippen LogP contribution in [0.25, 0.3) is 0 Å². The van der Waals surface area contributed by atoms with Crippen LogP contribution >= 0.6 is 0 Å². The number of aromatic nitrogens is 2. The maximum absolute atomic E-state index is 6.05. The third-order valence-electron chi connectivity index (χ3n) is 4.35. The molecule has 2 unspecified atom stereocenters.